The van der Waals surface area contributed by atoms with E-state index in [-0.39, 0.29) is 30.7 Å². The molecule has 0 aromatic heterocycles. The number of hydrogen-bond acceptors (Lipinski definition) is 5. The van der Waals surface area contributed by atoms with Crippen LogP contribution in [-0.4, -0.2) is 55.9 Å². The maximum absolute atomic E-state index is 12.6. The molecule has 3 N–H and O–H groups in total. The van der Waals surface area contributed by atoms with Crippen LogP contribution in [0.3, 0.4) is 0 Å². The van der Waals surface area contributed by atoms with Gasteiger partial charge < -0.3 is 20.5 Å². The van der Waals surface area contributed by atoms with Crippen LogP contribution in [0.25, 0.3) is 0 Å². The fourth-order valence-corrected chi connectivity index (χ4v) is 3.27. The molecular formula is C18H29Cl2N3O3. The van der Waals surface area contributed by atoms with Crippen molar-refractivity contribution in [1.82, 2.24) is 4.90 Å². The maximum atomic E-state index is 12.6. The van der Waals surface area contributed by atoms with Crippen LogP contribution in [0.2, 0.25) is 0 Å². The molecule has 1 aromatic rings. The van der Waals surface area contributed by atoms with Crippen LogP contribution in [0.4, 0.5) is 5.69 Å². The number of carbonyl (C=O) groups is 1. The highest BCUT2D eigenvalue weighted by Crippen LogP contribution is 2.25. The zero-order valence-electron chi connectivity index (χ0n) is 15.1. The molecule has 2 aliphatic heterocycles. The van der Waals surface area contributed by atoms with Crippen LogP contribution >= 0.6 is 24.8 Å². The first-order valence-electron chi connectivity index (χ1n) is 8.68. The van der Waals surface area contributed by atoms with Gasteiger partial charge in [-0.05, 0) is 37.5 Å². The van der Waals surface area contributed by atoms with Crippen LogP contribution < -0.4 is 11.1 Å². The summed E-state index contributed by atoms with van der Waals surface area (Å²) in [4.78, 5) is 14.9. The minimum Gasteiger partial charge on any atom is -0.381 e. The second-order valence-corrected chi connectivity index (χ2v) is 6.67. The van der Waals surface area contributed by atoms with Crippen LogP contribution in [0.15, 0.2) is 24.3 Å². The average Bonchev–Trinajstić information content (AvgIpc) is 2.62. The Balaban J connectivity index is 0.00000169. The summed E-state index contributed by atoms with van der Waals surface area (Å²) < 4.78 is 10.7. The predicted molar refractivity (Wildman–Crippen MR) is 107 cm³/mol. The van der Waals surface area contributed by atoms with Crippen LogP contribution in [0.5, 0.6) is 0 Å². The van der Waals surface area contributed by atoms with Gasteiger partial charge in [0.25, 0.3) is 0 Å². The smallest absolute Gasteiger partial charge is 0.244 e. The van der Waals surface area contributed by atoms with Gasteiger partial charge >= 0.3 is 0 Å². The Morgan fingerprint density at radius 3 is 2.42 bits per heavy atom. The van der Waals surface area contributed by atoms with E-state index in [2.05, 4.69) is 23.2 Å². The second-order valence-electron chi connectivity index (χ2n) is 6.67. The van der Waals surface area contributed by atoms with Gasteiger partial charge in [0, 0.05) is 38.0 Å². The van der Waals surface area contributed by atoms with E-state index >= 15 is 0 Å². The molecule has 26 heavy (non-hydrogen) atoms. The van der Waals surface area contributed by atoms with Gasteiger partial charge in [0.15, 0.2) is 0 Å². The van der Waals surface area contributed by atoms with Gasteiger partial charge in [0.1, 0.15) is 5.54 Å². The number of ether oxygens (including phenoxy) is 2. The van der Waals surface area contributed by atoms with Crippen molar-refractivity contribution in [2.24, 2.45) is 5.73 Å². The fourth-order valence-electron chi connectivity index (χ4n) is 3.27. The highest BCUT2D eigenvalue weighted by atomic mass is 35.5. The number of halogens is 2. The number of benzene rings is 1. The van der Waals surface area contributed by atoms with E-state index in [0.717, 1.165) is 32.0 Å². The Morgan fingerprint density at radius 1 is 1.15 bits per heavy atom. The number of morpholine rings is 1. The number of anilines is 1. The Labute approximate surface area is 167 Å². The van der Waals surface area contributed by atoms with E-state index < -0.39 is 5.54 Å². The van der Waals surface area contributed by atoms with Gasteiger partial charge in [-0.25, -0.2) is 0 Å². The minimum absolute atomic E-state index is 0. The topological polar surface area (TPSA) is 76.8 Å². The van der Waals surface area contributed by atoms with Crippen LogP contribution in [-0.2, 0) is 14.3 Å². The van der Waals surface area contributed by atoms with E-state index in [4.69, 9.17) is 15.2 Å². The summed E-state index contributed by atoms with van der Waals surface area (Å²) >= 11 is 0. The second kappa shape index (κ2) is 10.4. The van der Waals surface area contributed by atoms with Gasteiger partial charge in [-0.1, -0.05) is 12.1 Å². The largest absolute Gasteiger partial charge is 0.381 e. The lowest BCUT2D eigenvalue weighted by atomic mass is 9.90. The lowest BCUT2D eigenvalue weighted by Crippen LogP contribution is -2.54. The van der Waals surface area contributed by atoms with Gasteiger partial charge in [-0.3, -0.25) is 9.69 Å². The number of carbonyl (C=O) groups excluding carboxylic acids is 1. The normalized spacial score (nSPS) is 21.0. The highest BCUT2D eigenvalue weighted by Gasteiger charge is 2.36. The van der Waals surface area contributed by atoms with Gasteiger partial charge in [-0.15, -0.1) is 24.8 Å². The Bertz CT molecular complexity index is 577. The molecule has 6 nitrogen and oxygen atoms in total. The summed E-state index contributed by atoms with van der Waals surface area (Å²) in [5.41, 5.74) is 7.41. The lowest BCUT2D eigenvalue weighted by Gasteiger charge is -2.33. The first kappa shape index (κ1) is 23.1. The molecule has 1 amide bonds. The van der Waals surface area contributed by atoms with Crippen molar-refractivity contribution in [3.8, 4) is 0 Å². The SMILES string of the molecule is CC(c1cccc(NC(=O)C2(N)CCOCC2)c1)N1CCOCC1.Cl.Cl. The summed E-state index contributed by atoms with van der Waals surface area (Å²) in [6, 6.07) is 8.33. The molecule has 0 bridgehead atoms. The summed E-state index contributed by atoms with van der Waals surface area (Å²) in [5.74, 6) is -0.123. The monoisotopic (exact) mass is 405 g/mol. The molecule has 148 valence electrons. The molecule has 2 heterocycles. The quantitative estimate of drug-likeness (QED) is 0.803. The molecule has 1 atom stereocenters. The Hall–Kier alpha value is -0.890. The van der Waals surface area contributed by atoms with E-state index in [1.807, 2.05) is 18.2 Å². The zero-order chi connectivity index (χ0) is 17.0. The van der Waals surface area contributed by atoms with E-state index in [1.54, 1.807) is 0 Å². The number of nitrogens with zero attached hydrogens (tertiary/aromatic N) is 1. The van der Waals surface area contributed by atoms with Crippen molar-refractivity contribution < 1.29 is 14.3 Å². The summed E-state index contributed by atoms with van der Waals surface area (Å²) in [6.45, 7) is 6.69. The van der Waals surface area contributed by atoms with Crippen molar-refractivity contribution in [3.63, 3.8) is 0 Å². The number of nitrogens with one attached hydrogen (secondary N) is 1. The molecule has 0 aliphatic carbocycles. The van der Waals surface area contributed by atoms with E-state index in [0.29, 0.717) is 32.1 Å². The van der Waals surface area contributed by atoms with Gasteiger partial charge in [0.05, 0.1) is 13.2 Å². The molecule has 8 heteroatoms. The number of hydrogen-bond donors (Lipinski definition) is 2. The lowest BCUT2D eigenvalue weighted by molar-refractivity contribution is -0.124. The number of nitrogens with two attached hydrogens (primary N) is 1. The van der Waals surface area contributed by atoms with Crippen molar-refractivity contribution >= 4 is 36.4 Å². The average molecular weight is 406 g/mol. The molecule has 2 fully saturated rings. The first-order chi connectivity index (χ1) is 11.6. The third-order valence-corrected chi connectivity index (χ3v) is 5.06. The highest BCUT2D eigenvalue weighted by molar-refractivity contribution is 5.98. The van der Waals surface area contributed by atoms with Crippen LogP contribution in [0, 0.1) is 0 Å². The predicted octanol–water partition coefficient (Wildman–Crippen LogP) is 2.37. The molecule has 0 radical (unpaired) electrons. The van der Waals surface area contributed by atoms with Gasteiger partial charge in [0.2, 0.25) is 5.91 Å². The molecule has 2 aliphatic rings. The molecule has 3 rings (SSSR count). The third-order valence-electron chi connectivity index (χ3n) is 5.06. The zero-order valence-corrected chi connectivity index (χ0v) is 16.7. The Morgan fingerprint density at radius 2 is 1.77 bits per heavy atom. The van der Waals surface area contributed by atoms with Crippen molar-refractivity contribution in [2.45, 2.75) is 31.3 Å². The third kappa shape index (κ3) is 5.55. The molecular weight excluding hydrogens is 377 g/mol. The standard InChI is InChI=1S/C18H27N3O3.2ClH/c1-14(21-7-11-24-12-8-21)15-3-2-4-16(13-15)20-17(22)18(19)5-9-23-10-6-18;;/h2-4,13-14H,5-12,19H2,1H3,(H,20,22);2*1H. The number of amides is 1. The number of rotatable bonds is 4. The molecule has 1 unspecified atom stereocenters. The minimum atomic E-state index is -0.829. The van der Waals surface area contributed by atoms with E-state index in [9.17, 15) is 4.79 Å². The summed E-state index contributed by atoms with van der Waals surface area (Å²) in [5, 5.41) is 2.99. The van der Waals surface area contributed by atoms with E-state index in [1.165, 1.54) is 5.56 Å². The summed E-state index contributed by atoms with van der Waals surface area (Å²) in [6.07, 6.45) is 1.12. The van der Waals surface area contributed by atoms with Crippen molar-refractivity contribution in [3.05, 3.63) is 29.8 Å². The summed E-state index contributed by atoms with van der Waals surface area (Å²) in [7, 11) is 0. The molecule has 0 saturated carbocycles. The van der Waals surface area contributed by atoms with Crippen LogP contribution in [0.1, 0.15) is 31.4 Å². The van der Waals surface area contributed by atoms with Crippen molar-refractivity contribution in [2.75, 3.05) is 44.8 Å². The molecule has 2 saturated heterocycles. The molecule has 0 spiro atoms. The fraction of sp³-hybridized carbons (Fsp3) is 0.611. The van der Waals surface area contributed by atoms with Crippen molar-refractivity contribution in [1.29, 1.82) is 0 Å². The van der Waals surface area contributed by atoms with Gasteiger partial charge in [-0.2, -0.15) is 0 Å². The maximum Gasteiger partial charge on any atom is 0.244 e. The Kier molecular flexibility index (Phi) is 9.30. The first-order valence-corrected chi connectivity index (χ1v) is 8.68. The molecule has 1 aromatic carbocycles.